The summed E-state index contributed by atoms with van der Waals surface area (Å²) in [6.07, 6.45) is 1.03. The number of hydrogen-bond acceptors (Lipinski definition) is 7. The summed E-state index contributed by atoms with van der Waals surface area (Å²) in [4.78, 5) is 12.4. The number of aromatic nitrogens is 2. The summed E-state index contributed by atoms with van der Waals surface area (Å²) in [7, 11) is 1.64. The van der Waals surface area contributed by atoms with E-state index >= 15 is 0 Å². The molecule has 8 heteroatoms. The smallest absolute Gasteiger partial charge is 0.230 e. The largest absolute Gasteiger partial charge is 0.497 e. The molecule has 1 heterocycles. The quantitative estimate of drug-likeness (QED) is 0.594. The molecule has 2 aromatic rings. The van der Waals surface area contributed by atoms with Crippen molar-refractivity contribution in [2.24, 2.45) is 5.92 Å². The Bertz CT molecular complexity index is 689. The van der Waals surface area contributed by atoms with Gasteiger partial charge in [-0.3, -0.25) is 4.79 Å². The summed E-state index contributed by atoms with van der Waals surface area (Å²) in [5.41, 5.74) is 1.07. The maximum atomic E-state index is 12.4. The molecule has 1 amide bonds. The second-order valence-corrected chi connectivity index (χ2v) is 8.35. The Kier molecular flexibility index (Phi) is 8.18. The van der Waals surface area contributed by atoms with E-state index in [9.17, 15) is 4.79 Å². The van der Waals surface area contributed by atoms with Crippen LogP contribution in [0.3, 0.4) is 0 Å². The normalized spacial score (nSPS) is 12.0. The third kappa shape index (κ3) is 6.17. The van der Waals surface area contributed by atoms with Crippen LogP contribution in [0, 0.1) is 5.92 Å². The van der Waals surface area contributed by atoms with Gasteiger partial charge in [-0.15, -0.1) is 10.2 Å². The van der Waals surface area contributed by atoms with Gasteiger partial charge in [0.1, 0.15) is 5.75 Å². The molecule has 0 bridgehead atoms. The zero-order valence-electron chi connectivity index (χ0n) is 15.6. The lowest BCUT2D eigenvalue weighted by atomic mass is 9.96. The average Bonchev–Trinajstić information content (AvgIpc) is 3.10. The molecule has 0 aliphatic carbocycles. The molecule has 0 saturated carbocycles. The van der Waals surface area contributed by atoms with Crippen LogP contribution < -0.4 is 15.4 Å². The average molecular weight is 395 g/mol. The van der Waals surface area contributed by atoms with Crippen molar-refractivity contribution in [3.8, 4) is 5.75 Å². The third-order valence-electron chi connectivity index (χ3n) is 3.72. The summed E-state index contributed by atoms with van der Waals surface area (Å²) < 4.78 is 5.99. The number of carbonyl (C=O) groups excluding carboxylic acids is 1. The van der Waals surface area contributed by atoms with Crippen LogP contribution in [0.15, 0.2) is 28.6 Å². The van der Waals surface area contributed by atoms with Crippen molar-refractivity contribution in [1.82, 2.24) is 15.5 Å². The summed E-state index contributed by atoms with van der Waals surface area (Å²) >= 11 is 2.89. The fraction of sp³-hybridized carbons (Fsp3) is 0.500. The molecule has 1 aromatic heterocycles. The summed E-state index contributed by atoms with van der Waals surface area (Å²) in [5.74, 6) is 1.40. The van der Waals surface area contributed by atoms with Crippen LogP contribution in [0.2, 0.25) is 0 Å². The fourth-order valence-electron chi connectivity index (χ4n) is 2.36. The van der Waals surface area contributed by atoms with Crippen molar-refractivity contribution in [3.05, 3.63) is 29.8 Å². The molecule has 1 unspecified atom stereocenters. The Labute approximate surface area is 163 Å². The first-order chi connectivity index (χ1) is 12.5. The lowest BCUT2D eigenvalue weighted by molar-refractivity contribution is -0.119. The predicted octanol–water partition coefficient (Wildman–Crippen LogP) is 3.97. The van der Waals surface area contributed by atoms with E-state index in [1.54, 1.807) is 7.11 Å². The number of amides is 1. The van der Waals surface area contributed by atoms with Gasteiger partial charge in [0.2, 0.25) is 11.0 Å². The van der Waals surface area contributed by atoms with Gasteiger partial charge in [0.25, 0.3) is 0 Å². The van der Waals surface area contributed by atoms with Gasteiger partial charge in [-0.05, 0) is 30.0 Å². The number of nitrogens with zero attached hydrogens (tertiary/aromatic N) is 2. The first kappa shape index (κ1) is 20.5. The third-order valence-corrected chi connectivity index (χ3v) is 5.73. The molecule has 0 saturated heterocycles. The highest BCUT2D eigenvalue weighted by Crippen LogP contribution is 2.27. The summed E-state index contributed by atoms with van der Waals surface area (Å²) in [6.45, 7) is 7.16. The van der Waals surface area contributed by atoms with E-state index in [-0.39, 0.29) is 17.9 Å². The molecule has 0 fully saturated rings. The molecular formula is C18H26N4O2S2. The van der Waals surface area contributed by atoms with Crippen LogP contribution in [-0.2, 0) is 4.79 Å². The predicted molar refractivity (Wildman–Crippen MR) is 108 cm³/mol. The van der Waals surface area contributed by atoms with Gasteiger partial charge < -0.3 is 15.4 Å². The van der Waals surface area contributed by atoms with Crippen molar-refractivity contribution in [1.29, 1.82) is 0 Å². The number of carbonyl (C=O) groups is 1. The van der Waals surface area contributed by atoms with Gasteiger partial charge in [-0.2, -0.15) is 0 Å². The molecular weight excluding hydrogens is 368 g/mol. The zero-order valence-corrected chi connectivity index (χ0v) is 17.2. The van der Waals surface area contributed by atoms with E-state index in [1.165, 1.54) is 23.1 Å². The van der Waals surface area contributed by atoms with Gasteiger partial charge in [-0.1, -0.05) is 56.0 Å². The molecule has 0 aliphatic rings. The zero-order chi connectivity index (χ0) is 18.9. The minimum Gasteiger partial charge on any atom is -0.497 e. The minimum absolute atomic E-state index is 0.0113. The van der Waals surface area contributed by atoms with Gasteiger partial charge in [0.05, 0.1) is 18.9 Å². The molecule has 1 atom stereocenters. The minimum atomic E-state index is -0.0368. The molecule has 142 valence electrons. The second-order valence-electron chi connectivity index (χ2n) is 6.15. The summed E-state index contributed by atoms with van der Waals surface area (Å²) in [6, 6.07) is 7.78. The molecule has 26 heavy (non-hydrogen) atoms. The van der Waals surface area contributed by atoms with Gasteiger partial charge >= 0.3 is 0 Å². The van der Waals surface area contributed by atoms with E-state index in [2.05, 4.69) is 41.6 Å². The van der Waals surface area contributed by atoms with E-state index in [0.717, 1.165) is 33.7 Å². The van der Waals surface area contributed by atoms with Crippen LogP contribution in [0.1, 0.15) is 38.8 Å². The number of benzene rings is 1. The van der Waals surface area contributed by atoms with Crippen LogP contribution in [-0.4, -0.2) is 35.5 Å². The maximum Gasteiger partial charge on any atom is 0.230 e. The Morgan fingerprint density at radius 3 is 2.62 bits per heavy atom. The van der Waals surface area contributed by atoms with Crippen LogP contribution in [0.5, 0.6) is 5.75 Å². The highest BCUT2D eigenvalue weighted by molar-refractivity contribution is 8.01. The molecule has 6 nitrogen and oxygen atoms in total. The molecule has 0 aliphatic heterocycles. The van der Waals surface area contributed by atoms with E-state index in [0.29, 0.717) is 5.75 Å². The van der Waals surface area contributed by atoms with Crippen LogP contribution >= 0.6 is 23.1 Å². The second kappa shape index (κ2) is 10.4. The molecule has 0 radical (unpaired) electrons. The topological polar surface area (TPSA) is 76.1 Å². The highest BCUT2D eigenvalue weighted by Gasteiger charge is 2.19. The Hall–Kier alpha value is -1.80. The van der Waals surface area contributed by atoms with E-state index < -0.39 is 0 Å². The van der Waals surface area contributed by atoms with Gasteiger partial charge in [-0.25, -0.2) is 0 Å². The number of hydrogen-bond donors (Lipinski definition) is 2. The lowest BCUT2D eigenvalue weighted by Gasteiger charge is -2.23. The number of methoxy groups -OCH3 is 1. The van der Waals surface area contributed by atoms with Crippen molar-refractivity contribution in [2.75, 3.05) is 24.7 Å². The molecule has 1 aromatic carbocycles. The van der Waals surface area contributed by atoms with Crippen LogP contribution in [0.4, 0.5) is 5.13 Å². The van der Waals surface area contributed by atoms with E-state index in [4.69, 9.17) is 4.74 Å². The number of anilines is 1. The van der Waals surface area contributed by atoms with Crippen molar-refractivity contribution < 1.29 is 9.53 Å². The number of rotatable bonds is 10. The Balaban J connectivity index is 1.89. The van der Waals surface area contributed by atoms with Crippen LogP contribution in [0.25, 0.3) is 0 Å². The monoisotopic (exact) mass is 394 g/mol. The van der Waals surface area contributed by atoms with Crippen molar-refractivity contribution >= 4 is 34.1 Å². The van der Waals surface area contributed by atoms with Gasteiger partial charge in [0.15, 0.2) is 4.34 Å². The first-order valence-corrected chi connectivity index (χ1v) is 10.5. The van der Waals surface area contributed by atoms with Gasteiger partial charge in [0, 0.05) is 6.54 Å². The molecule has 2 rings (SSSR count). The standard InChI is InChI=1S/C18H26N4O2S2/c1-5-10-19-17-21-22-18(26-17)25-11-15(23)20-16(12(2)3)13-6-8-14(24-4)9-7-13/h6-9,12,16H,5,10-11H2,1-4H3,(H,19,21)(H,20,23). The molecule has 0 spiro atoms. The number of thioether (sulfide) groups is 1. The summed E-state index contributed by atoms with van der Waals surface area (Å²) in [5, 5.41) is 15.3. The number of ether oxygens (including phenoxy) is 1. The van der Waals surface area contributed by atoms with Crippen molar-refractivity contribution in [2.45, 2.75) is 37.6 Å². The van der Waals surface area contributed by atoms with E-state index in [1.807, 2.05) is 24.3 Å². The SMILES string of the molecule is CCCNc1nnc(SCC(=O)NC(c2ccc(OC)cc2)C(C)C)s1. The lowest BCUT2D eigenvalue weighted by Crippen LogP contribution is -2.32. The fourth-order valence-corrected chi connectivity index (χ4v) is 3.95. The highest BCUT2D eigenvalue weighted by atomic mass is 32.2. The number of nitrogens with one attached hydrogen (secondary N) is 2. The van der Waals surface area contributed by atoms with Crippen molar-refractivity contribution in [3.63, 3.8) is 0 Å². The Morgan fingerprint density at radius 1 is 1.27 bits per heavy atom. The maximum absolute atomic E-state index is 12.4. The molecule has 2 N–H and O–H groups in total. The Morgan fingerprint density at radius 2 is 2.00 bits per heavy atom. The first-order valence-electron chi connectivity index (χ1n) is 8.67.